The molecule has 2 aliphatic rings. The predicted molar refractivity (Wildman–Crippen MR) is 139 cm³/mol. The maximum atomic E-state index is 12.9. The number of nitrogens with zero attached hydrogens (tertiary/aromatic N) is 4. The van der Waals surface area contributed by atoms with Crippen molar-refractivity contribution in [3.8, 4) is 0 Å². The summed E-state index contributed by atoms with van der Waals surface area (Å²) in [5.74, 6) is -0.0511. The summed E-state index contributed by atoms with van der Waals surface area (Å²) >= 11 is 8.31. The molecule has 2 aromatic carbocycles. The molecule has 8 heteroatoms. The molecule has 0 amide bonds. The minimum absolute atomic E-state index is 0.0972. The van der Waals surface area contributed by atoms with Gasteiger partial charge in [0, 0.05) is 31.5 Å². The molecule has 0 spiro atoms. The summed E-state index contributed by atoms with van der Waals surface area (Å²) in [6.45, 7) is 1.00. The Hall–Kier alpha value is -1.80. The van der Waals surface area contributed by atoms with Crippen molar-refractivity contribution < 1.29 is 9.53 Å². The van der Waals surface area contributed by atoms with E-state index in [2.05, 4.69) is 55.7 Å². The summed E-state index contributed by atoms with van der Waals surface area (Å²) in [4.78, 5) is 18.3. The molecule has 2 saturated heterocycles. The third-order valence-corrected chi connectivity index (χ3v) is 8.25. The maximum Gasteiger partial charge on any atom is 0.310 e. The first kappa shape index (κ1) is 24.3. The van der Waals surface area contributed by atoms with E-state index in [0.29, 0.717) is 11.7 Å². The van der Waals surface area contributed by atoms with Gasteiger partial charge in [0.05, 0.1) is 18.7 Å². The van der Waals surface area contributed by atoms with Crippen LogP contribution in [0.3, 0.4) is 0 Å². The summed E-state index contributed by atoms with van der Waals surface area (Å²) in [5, 5.41) is 4.43. The predicted octanol–water partition coefficient (Wildman–Crippen LogP) is 7.02. The van der Waals surface area contributed by atoms with E-state index in [1.807, 2.05) is 24.3 Å². The number of unbranched alkanes of at least 4 members (excludes halogenated alkanes) is 1. The van der Waals surface area contributed by atoms with Crippen LogP contribution >= 0.6 is 34.2 Å². The van der Waals surface area contributed by atoms with Gasteiger partial charge in [0.2, 0.25) is 0 Å². The standard InChI is InChI=1S/C25H28ClIN4O2/c1-33-25(32)24-20(17-6-8-18(26)9-7-17)15-19-10-12-23(24)31(19)13-3-2-4-16-5-11-22(29-30-28)21(27)14-16/h5-9,11,14,19-20,23-24H,2-4,10,12-13,15H2,1H3/t19?,20-,23?,24+/m1/s1/i27-2. The first-order valence-electron chi connectivity index (χ1n) is 11.4. The van der Waals surface area contributed by atoms with Gasteiger partial charge >= 0.3 is 5.97 Å². The zero-order chi connectivity index (χ0) is 23.4. The lowest BCUT2D eigenvalue weighted by Gasteiger charge is -2.43. The smallest absolute Gasteiger partial charge is 0.310 e. The van der Waals surface area contributed by atoms with Crippen molar-refractivity contribution in [1.29, 1.82) is 0 Å². The number of piperidine rings is 1. The van der Waals surface area contributed by atoms with Gasteiger partial charge in [-0.25, -0.2) is 0 Å². The zero-order valence-corrected chi connectivity index (χ0v) is 21.6. The minimum Gasteiger partial charge on any atom is -0.469 e. The van der Waals surface area contributed by atoms with Crippen LogP contribution in [0.25, 0.3) is 10.4 Å². The molecule has 0 aromatic heterocycles. The molecule has 0 saturated carbocycles. The van der Waals surface area contributed by atoms with Crippen LogP contribution < -0.4 is 0 Å². The molecule has 2 aliphatic heterocycles. The van der Waals surface area contributed by atoms with Gasteiger partial charge in [0.15, 0.2) is 0 Å². The number of hydrogen-bond donors (Lipinski definition) is 0. The molecule has 0 N–H and O–H groups in total. The van der Waals surface area contributed by atoms with Crippen molar-refractivity contribution in [3.63, 3.8) is 0 Å². The minimum atomic E-state index is -0.135. The highest BCUT2D eigenvalue weighted by Gasteiger charge is 2.50. The third-order valence-electron chi connectivity index (χ3n) is 7.13. The van der Waals surface area contributed by atoms with Crippen molar-refractivity contribution in [2.24, 2.45) is 11.0 Å². The van der Waals surface area contributed by atoms with Gasteiger partial charge in [-0.2, -0.15) is 0 Å². The van der Waals surface area contributed by atoms with Crippen molar-refractivity contribution in [1.82, 2.24) is 4.90 Å². The van der Waals surface area contributed by atoms with Gasteiger partial charge in [-0.3, -0.25) is 9.69 Å². The molecule has 174 valence electrons. The van der Waals surface area contributed by atoms with Crippen LogP contribution in [0.5, 0.6) is 0 Å². The molecule has 2 fully saturated rings. The van der Waals surface area contributed by atoms with E-state index in [0.717, 1.165) is 53.7 Å². The largest absolute Gasteiger partial charge is 0.469 e. The van der Waals surface area contributed by atoms with Gasteiger partial charge in [-0.05, 0) is 103 Å². The van der Waals surface area contributed by atoms with Crippen molar-refractivity contribution in [2.75, 3.05) is 13.7 Å². The summed E-state index contributed by atoms with van der Waals surface area (Å²) in [6, 6.07) is 14.7. The number of esters is 1. The molecule has 0 radical (unpaired) electrons. The summed E-state index contributed by atoms with van der Waals surface area (Å²) in [6.07, 6.45) is 6.33. The fourth-order valence-electron chi connectivity index (χ4n) is 5.63. The van der Waals surface area contributed by atoms with Crippen LogP contribution in [0.4, 0.5) is 5.69 Å². The van der Waals surface area contributed by atoms with E-state index in [1.165, 1.54) is 18.2 Å². The number of methoxy groups -OCH3 is 1. The SMILES string of the molecule is COC(=O)[C@@H]1C2CCC(C[C@@H]1c1ccc(Cl)cc1)N2CCCCc1ccc(N=[N+]=[N-])c([125I])c1. The Balaban J connectivity index is 1.39. The molecule has 4 atom stereocenters. The number of azide groups is 1. The number of ether oxygens (including phenoxy) is 1. The Morgan fingerprint density at radius 3 is 2.73 bits per heavy atom. The topological polar surface area (TPSA) is 78.3 Å². The first-order valence-corrected chi connectivity index (χ1v) is 12.9. The molecule has 6 nitrogen and oxygen atoms in total. The van der Waals surface area contributed by atoms with Gasteiger partial charge in [0.25, 0.3) is 0 Å². The van der Waals surface area contributed by atoms with E-state index in [-0.39, 0.29) is 23.8 Å². The lowest BCUT2D eigenvalue weighted by atomic mass is 9.76. The summed E-state index contributed by atoms with van der Waals surface area (Å²) in [5.41, 5.74) is 11.8. The maximum absolute atomic E-state index is 12.9. The van der Waals surface area contributed by atoms with Crippen LogP contribution in [0.15, 0.2) is 47.6 Å². The fraction of sp³-hybridized carbons (Fsp3) is 0.480. The monoisotopic (exact) mass is 576 g/mol. The second kappa shape index (κ2) is 11.1. The molecule has 2 heterocycles. The van der Waals surface area contributed by atoms with Crippen LogP contribution in [-0.2, 0) is 16.0 Å². The molecular formula is C25H28ClIN4O2. The molecule has 2 unspecified atom stereocenters. The van der Waals surface area contributed by atoms with E-state index in [9.17, 15) is 4.79 Å². The zero-order valence-electron chi connectivity index (χ0n) is 18.7. The number of carbonyl (C=O) groups excluding carboxylic acids is 1. The van der Waals surface area contributed by atoms with Crippen molar-refractivity contribution in [2.45, 2.75) is 56.5 Å². The van der Waals surface area contributed by atoms with Crippen LogP contribution in [0, 0.1) is 9.49 Å². The Bertz CT molecular complexity index is 1040. The average molecular weight is 577 g/mol. The Labute approximate surface area is 213 Å². The van der Waals surface area contributed by atoms with E-state index < -0.39 is 0 Å². The normalized spacial score (nSPS) is 24.3. The number of rotatable bonds is 8. The van der Waals surface area contributed by atoms with E-state index >= 15 is 0 Å². The number of fused-ring (bicyclic) bond motifs is 2. The van der Waals surface area contributed by atoms with Gasteiger partial charge in [-0.15, -0.1) is 0 Å². The Kier molecular flexibility index (Phi) is 8.17. The second-order valence-electron chi connectivity index (χ2n) is 8.91. The molecule has 33 heavy (non-hydrogen) atoms. The fourth-order valence-corrected chi connectivity index (χ4v) is 6.44. The van der Waals surface area contributed by atoms with Crippen molar-refractivity contribution in [3.05, 3.63) is 72.6 Å². The number of carbonyl (C=O) groups is 1. The molecule has 0 aliphatic carbocycles. The molecule has 4 rings (SSSR count). The van der Waals surface area contributed by atoms with E-state index in [1.54, 1.807) is 0 Å². The summed E-state index contributed by atoms with van der Waals surface area (Å²) in [7, 11) is 1.50. The molecular weight excluding hydrogens is 549 g/mol. The number of benzene rings is 2. The highest BCUT2D eigenvalue weighted by Crippen LogP contribution is 2.47. The van der Waals surface area contributed by atoms with Gasteiger partial charge in [0.1, 0.15) is 0 Å². The quantitative estimate of drug-likeness (QED) is 0.0846. The Morgan fingerprint density at radius 1 is 1.24 bits per heavy atom. The van der Waals surface area contributed by atoms with Gasteiger partial charge < -0.3 is 4.74 Å². The molecule has 2 bridgehead atoms. The lowest BCUT2D eigenvalue weighted by Crippen LogP contribution is -2.51. The van der Waals surface area contributed by atoms with Crippen LogP contribution in [-0.4, -0.2) is 36.6 Å². The van der Waals surface area contributed by atoms with Crippen LogP contribution in [0.1, 0.15) is 49.1 Å². The van der Waals surface area contributed by atoms with Crippen LogP contribution in [0.2, 0.25) is 5.02 Å². The second-order valence-corrected chi connectivity index (χ2v) is 10.5. The van der Waals surface area contributed by atoms with Crippen molar-refractivity contribution >= 4 is 45.8 Å². The average Bonchev–Trinajstić information content (AvgIpc) is 3.09. The van der Waals surface area contributed by atoms with Gasteiger partial charge in [-0.1, -0.05) is 41.0 Å². The van der Waals surface area contributed by atoms with E-state index in [4.69, 9.17) is 21.9 Å². The Morgan fingerprint density at radius 2 is 2.03 bits per heavy atom. The highest BCUT2D eigenvalue weighted by molar-refractivity contribution is 14.1. The number of hydrogen-bond acceptors (Lipinski definition) is 4. The summed E-state index contributed by atoms with van der Waals surface area (Å²) < 4.78 is 6.24. The third kappa shape index (κ3) is 5.48. The lowest BCUT2D eigenvalue weighted by molar-refractivity contribution is -0.150. The number of halogens is 2. The highest BCUT2D eigenvalue weighted by atomic mass is 125. The molecule has 2 aromatic rings. The number of aryl methyl sites for hydroxylation is 1. The first-order chi connectivity index (χ1) is 16.0.